The molecule has 2 heterocycles. The van der Waals surface area contributed by atoms with Crippen molar-refractivity contribution in [2.75, 3.05) is 11.9 Å². The highest BCUT2D eigenvalue weighted by molar-refractivity contribution is 6.08. The number of hydrogen-bond donors (Lipinski definition) is 2. The summed E-state index contributed by atoms with van der Waals surface area (Å²) in [5.41, 5.74) is 3.44. The molecule has 3 aromatic rings. The smallest absolute Gasteiger partial charge is 0.272 e. The second-order valence-electron chi connectivity index (χ2n) is 7.17. The molecule has 0 aliphatic heterocycles. The second-order valence-corrected chi connectivity index (χ2v) is 7.17. The highest BCUT2D eigenvalue weighted by Gasteiger charge is 2.21. The molecule has 0 bridgehead atoms. The molecule has 140 valence electrons. The fourth-order valence-corrected chi connectivity index (χ4v) is 2.80. The van der Waals surface area contributed by atoms with Crippen molar-refractivity contribution in [3.8, 4) is 0 Å². The van der Waals surface area contributed by atoms with Gasteiger partial charge in [0.2, 0.25) is 0 Å². The number of nitrogens with zero attached hydrogens (tertiary/aromatic N) is 2. The quantitative estimate of drug-likeness (QED) is 0.726. The molecule has 27 heavy (non-hydrogen) atoms. The maximum atomic E-state index is 12.8. The molecule has 0 fully saturated rings. The van der Waals surface area contributed by atoms with Crippen molar-refractivity contribution in [3.05, 3.63) is 65.0 Å². The van der Waals surface area contributed by atoms with E-state index in [0.29, 0.717) is 29.4 Å². The maximum absolute atomic E-state index is 12.8. The molecule has 3 rings (SSSR count). The number of fused-ring (bicyclic) bond motifs is 1. The average Bonchev–Trinajstić information content (AvgIpc) is 2.96. The van der Waals surface area contributed by atoms with Gasteiger partial charge in [-0.2, -0.15) is 0 Å². The highest BCUT2D eigenvalue weighted by atomic mass is 16.2. The van der Waals surface area contributed by atoms with Gasteiger partial charge in [0.25, 0.3) is 11.8 Å². The molecule has 2 amide bonds. The molecule has 0 saturated carbocycles. The minimum atomic E-state index is -0.295. The van der Waals surface area contributed by atoms with Gasteiger partial charge < -0.3 is 10.6 Å². The molecule has 0 spiro atoms. The van der Waals surface area contributed by atoms with Gasteiger partial charge in [-0.3, -0.25) is 14.0 Å². The van der Waals surface area contributed by atoms with Gasteiger partial charge in [-0.1, -0.05) is 37.6 Å². The Labute approximate surface area is 158 Å². The number of carbonyl (C=O) groups is 2. The van der Waals surface area contributed by atoms with Crippen molar-refractivity contribution < 1.29 is 9.59 Å². The van der Waals surface area contributed by atoms with Crippen LogP contribution in [0.3, 0.4) is 0 Å². The molecule has 2 aromatic heterocycles. The van der Waals surface area contributed by atoms with Crippen molar-refractivity contribution in [2.45, 2.75) is 27.7 Å². The summed E-state index contributed by atoms with van der Waals surface area (Å²) in [6, 6.07) is 11.0. The Morgan fingerprint density at radius 1 is 1.07 bits per heavy atom. The van der Waals surface area contributed by atoms with E-state index in [0.717, 1.165) is 11.1 Å². The monoisotopic (exact) mass is 364 g/mol. The van der Waals surface area contributed by atoms with Crippen molar-refractivity contribution >= 4 is 23.3 Å². The standard InChI is InChI=1S/C21H24N4O2/c1-13(2)11-22-21(27)18-19(23-17-9-8-15(4)12-25(17)18)24-20(26)16-7-5-6-14(3)10-16/h5-10,12-13H,11H2,1-4H3,(H,22,27)(H,24,26). The first-order chi connectivity index (χ1) is 12.8. The zero-order valence-corrected chi connectivity index (χ0v) is 16.0. The van der Waals surface area contributed by atoms with Crippen LogP contribution in [0, 0.1) is 19.8 Å². The van der Waals surface area contributed by atoms with Crippen LogP contribution >= 0.6 is 0 Å². The van der Waals surface area contributed by atoms with Gasteiger partial charge in [0.1, 0.15) is 5.65 Å². The molecule has 1 aromatic carbocycles. The number of amides is 2. The predicted molar refractivity (Wildman–Crippen MR) is 106 cm³/mol. The van der Waals surface area contributed by atoms with E-state index in [1.165, 1.54) is 0 Å². The van der Waals surface area contributed by atoms with E-state index < -0.39 is 0 Å². The van der Waals surface area contributed by atoms with Crippen LogP contribution in [0.4, 0.5) is 5.82 Å². The molecular weight excluding hydrogens is 340 g/mol. The summed E-state index contributed by atoms with van der Waals surface area (Å²) in [6.07, 6.45) is 1.84. The Morgan fingerprint density at radius 3 is 2.56 bits per heavy atom. The molecule has 0 aliphatic rings. The molecule has 0 unspecified atom stereocenters. The number of benzene rings is 1. The summed E-state index contributed by atoms with van der Waals surface area (Å²) in [5, 5.41) is 5.71. The predicted octanol–water partition coefficient (Wildman–Crippen LogP) is 3.59. The lowest BCUT2D eigenvalue weighted by atomic mass is 10.1. The van der Waals surface area contributed by atoms with Crippen molar-refractivity contribution in [1.29, 1.82) is 0 Å². The first-order valence-electron chi connectivity index (χ1n) is 9.00. The number of rotatable bonds is 5. The first-order valence-corrected chi connectivity index (χ1v) is 9.00. The van der Waals surface area contributed by atoms with Crippen molar-refractivity contribution in [2.24, 2.45) is 5.92 Å². The number of aromatic nitrogens is 2. The number of anilines is 1. The van der Waals surface area contributed by atoms with E-state index in [1.54, 1.807) is 16.5 Å². The van der Waals surface area contributed by atoms with Crippen molar-refractivity contribution in [1.82, 2.24) is 14.7 Å². The molecule has 0 aliphatic carbocycles. The Hall–Kier alpha value is -3.15. The summed E-state index contributed by atoms with van der Waals surface area (Å²) < 4.78 is 1.72. The first kappa shape index (κ1) is 18.6. The minimum absolute atomic E-state index is 0.258. The Kier molecular flexibility index (Phi) is 5.26. The lowest BCUT2D eigenvalue weighted by molar-refractivity contribution is 0.0944. The average molecular weight is 364 g/mol. The summed E-state index contributed by atoms with van der Waals surface area (Å²) in [4.78, 5) is 29.9. The van der Waals surface area contributed by atoms with Gasteiger partial charge in [0.15, 0.2) is 11.5 Å². The third kappa shape index (κ3) is 4.16. The highest BCUT2D eigenvalue weighted by Crippen LogP contribution is 2.20. The summed E-state index contributed by atoms with van der Waals surface area (Å²) in [5.74, 6) is 0.0200. The lowest BCUT2D eigenvalue weighted by Gasteiger charge is -2.10. The third-order valence-electron chi connectivity index (χ3n) is 4.16. The van der Waals surface area contributed by atoms with Crippen LogP contribution in [0.2, 0.25) is 0 Å². The number of nitrogens with one attached hydrogen (secondary N) is 2. The molecule has 0 atom stereocenters. The van der Waals surface area contributed by atoms with Gasteiger partial charge in [0.05, 0.1) is 0 Å². The molecule has 0 radical (unpaired) electrons. The minimum Gasteiger partial charge on any atom is -0.350 e. The molecular formula is C21H24N4O2. The number of carbonyl (C=O) groups excluding carboxylic acids is 2. The fourth-order valence-electron chi connectivity index (χ4n) is 2.80. The largest absolute Gasteiger partial charge is 0.350 e. The van der Waals surface area contributed by atoms with E-state index in [4.69, 9.17) is 0 Å². The number of imidazole rings is 1. The van der Waals surface area contributed by atoms with Crippen LogP contribution in [0.15, 0.2) is 42.6 Å². The summed E-state index contributed by atoms with van der Waals surface area (Å²) in [6.45, 7) is 8.47. The van der Waals surface area contributed by atoms with Gasteiger partial charge in [-0.15, -0.1) is 0 Å². The Morgan fingerprint density at radius 2 is 1.85 bits per heavy atom. The third-order valence-corrected chi connectivity index (χ3v) is 4.16. The van der Waals surface area contributed by atoms with Crippen molar-refractivity contribution in [3.63, 3.8) is 0 Å². The van der Waals surface area contributed by atoms with E-state index in [9.17, 15) is 9.59 Å². The topological polar surface area (TPSA) is 75.5 Å². The van der Waals surface area contributed by atoms with Crippen LogP contribution < -0.4 is 10.6 Å². The van der Waals surface area contributed by atoms with Crippen LogP contribution in [0.5, 0.6) is 0 Å². The van der Waals surface area contributed by atoms with Crippen LogP contribution in [0.1, 0.15) is 45.8 Å². The zero-order chi connectivity index (χ0) is 19.6. The molecule has 6 heteroatoms. The van der Waals surface area contributed by atoms with Crippen LogP contribution in [-0.4, -0.2) is 27.7 Å². The van der Waals surface area contributed by atoms with Gasteiger partial charge in [-0.25, -0.2) is 4.98 Å². The van der Waals surface area contributed by atoms with E-state index in [2.05, 4.69) is 15.6 Å². The maximum Gasteiger partial charge on any atom is 0.272 e. The molecule has 2 N–H and O–H groups in total. The Balaban J connectivity index is 1.99. The van der Waals surface area contributed by atoms with E-state index in [1.807, 2.05) is 58.2 Å². The number of aryl methyl sites for hydroxylation is 2. The molecule has 6 nitrogen and oxygen atoms in total. The second kappa shape index (κ2) is 7.61. The fraction of sp³-hybridized carbons (Fsp3) is 0.286. The zero-order valence-electron chi connectivity index (χ0n) is 16.0. The van der Waals surface area contributed by atoms with Gasteiger partial charge in [-0.05, 0) is 43.5 Å². The van der Waals surface area contributed by atoms with Gasteiger partial charge in [0, 0.05) is 18.3 Å². The summed E-state index contributed by atoms with van der Waals surface area (Å²) in [7, 11) is 0. The Bertz CT molecular complexity index is 1000. The summed E-state index contributed by atoms with van der Waals surface area (Å²) >= 11 is 0. The van der Waals surface area contributed by atoms with Crippen LogP contribution in [0.25, 0.3) is 5.65 Å². The number of pyridine rings is 1. The van der Waals surface area contributed by atoms with Crippen LogP contribution in [-0.2, 0) is 0 Å². The molecule has 0 saturated heterocycles. The SMILES string of the molecule is Cc1cccc(C(=O)Nc2nc3ccc(C)cn3c2C(=O)NCC(C)C)c1. The number of hydrogen-bond acceptors (Lipinski definition) is 3. The lowest BCUT2D eigenvalue weighted by Crippen LogP contribution is -2.29. The van der Waals surface area contributed by atoms with E-state index in [-0.39, 0.29) is 17.6 Å². The van der Waals surface area contributed by atoms with Gasteiger partial charge >= 0.3 is 0 Å². The normalized spacial score (nSPS) is 11.0. The van der Waals surface area contributed by atoms with E-state index >= 15 is 0 Å².